The Morgan fingerprint density at radius 3 is 2.24 bits per heavy atom. The van der Waals surface area contributed by atoms with Gasteiger partial charge >= 0.3 is 0 Å². The van der Waals surface area contributed by atoms with Gasteiger partial charge in [-0.25, -0.2) is 0 Å². The third kappa shape index (κ3) is 5.04. The van der Waals surface area contributed by atoms with E-state index in [1.54, 1.807) is 7.11 Å². The summed E-state index contributed by atoms with van der Waals surface area (Å²) in [5, 5.41) is 8.77. The van der Waals surface area contributed by atoms with Gasteiger partial charge in [-0.1, -0.05) is 0 Å². The summed E-state index contributed by atoms with van der Waals surface area (Å²) >= 11 is 0. The molecule has 0 unspecified atom stereocenters. The summed E-state index contributed by atoms with van der Waals surface area (Å²) < 4.78 is 5.09. The van der Waals surface area contributed by atoms with Crippen molar-refractivity contribution in [2.45, 2.75) is 20.3 Å². The number of hydrogen-bond donors (Lipinski definition) is 1. The van der Waals surface area contributed by atoms with Crippen LogP contribution in [0.2, 0.25) is 0 Å². The Morgan fingerprint density at radius 1 is 1.10 bits per heavy atom. The van der Waals surface area contributed by atoms with Crippen molar-refractivity contribution >= 4 is 17.8 Å². The number of nitrogens with zero attached hydrogens (tertiary/aromatic N) is 6. The molecule has 0 aromatic carbocycles. The van der Waals surface area contributed by atoms with Gasteiger partial charge in [-0.3, -0.25) is 0 Å². The smallest absolute Gasteiger partial charge is 0.232 e. The van der Waals surface area contributed by atoms with Crippen molar-refractivity contribution in [2.24, 2.45) is 0 Å². The molecule has 1 rings (SSSR count). The minimum Gasteiger partial charge on any atom is -0.383 e. The molecule has 0 aliphatic heterocycles. The molecule has 0 bridgehead atoms. The Bertz CT molecular complexity index is 470. The van der Waals surface area contributed by atoms with Gasteiger partial charge in [-0.2, -0.15) is 20.2 Å². The fraction of sp³-hybridized carbons (Fsp3) is 0.692. The molecule has 0 fully saturated rings. The van der Waals surface area contributed by atoms with E-state index in [2.05, 4.69) is 21.0 Å². The average Bonchev–Trinajstić information content (AvgIpc) is 2.48. The van der Waals surface area contributed by atoms with Crippen LogP contribution in [0.25, 0.3) is 0 Å². The molecule has 0 atom stereocenters. The molecule has 0 aliphatic carbocycles. The summed E-state index contributed by atoms with van der Waals surface area (Å²) in [5.41, 5.74) is 5.79. The topological polar surface area (TPSA) is 104 Å². The minimum atomic E-state index is 0.182. The van der Waals surface area contributed by atoms with E-state index >= 15 is 0 Å². The van der Waals surface area contributed by atoms with Crippen molar-refractivity contribution < 1.29 is 4.74 Å². The van der Waals surface area contributed by atoms with Gasteiger partial charge in [0.2, 0.25) is 17.8 Å². The molecule has 0 amide bonds. The van der Waals surface area contributed by atoms with Crippen LogP contribution in [0.4, 0.5) is 17.8 Å². The number of nitriles is 1. The van der Waals surface area contributed by atoms with E-state index in [4.69, 9.17) is 15.7 Å². The van der Waals surface area contributed by atoms with Gasteiger partial charge in [0.25, 0.3) is 0 Å². The zero-order valence-electron chi connectivity index (χ0n) is 12.9. The zero-order chi connectivity index (χ0) is 15.7. The molecular weight excluding hydrogens is 270 g/mol. The Balaban J connectivity index is 3.03. The highest BCUT2D eigenvalue weighted by Crippen LogP contribution is 2.15. The SMILES string of the molecule is CCN(CC)c1nc(N)nc(N(CCC#N)CCOC)n1. The van der Waals surface area contributed by atoms with Gasteiger partial charge in [0.1, 0.15) is 0 Å². The highest BCUT2D eigenvalue weighted by Gasteiger charge is 2.15. The Hall–Kier alpha value is -2.14. The lowest BCUT2D eigenvalue weighted by atomic mass is 10.4. The molecule has 21 heavy (non-hydrogen) atoms. The second-order valence-electron chi connectivity index (χ2n) is 4.35. The van der Waals surface area contributed by atoms with Crippen LogP contribution < -0.4 is 15.5 Å². The molecule has 116 valence electrons. The van der Waals surface area contributed by atoms with Gasteiger partial charge in [0, 0.05) is 33.3 Å². The van der Waals surface area contributed by atoms with Crippen molar-refractivity contribution in [1.29, 1.82) is 5.26 Å². The molecule has 0 spiro atoms. The fourth-order valence-corrected chi connectivity index (χ4v) is 1.86. The maximum atomic E-state index is 8.77. The number of methoxy groups -OCH3 is 1. The first-order chi connectivity index (χ1) is 10.2. The summed E-state index contributed by atoms with van der Waals surface area (Å²) in [6, 6.07) is 2.12. The Labute approximate surface area is 125 Å². The molecule has 0 saturated heterocycles. The quantitative estimate of drug-likeness (QED) is 0.708. The van der Waals surface area contributed by atoms with E-state index in [1.807, 2.05) is 23.6 Å². The maximum absolute atomic E-state index is 8.77. The van der Waals surface area contributed by atoms with Gasteiger partial charge < -0.3 is 20.3 Å². The van der Waals surface area contributed by atoms with Gasteiger partial charge in [-0.05, 0) is 13.8 Å². The Kier molecular flexibility index (Phi) is 7.18. The van der Waals surface area contributed by atoms with E-state index in [0.717, 1.165) is 13.1 Å². The normalized spacial score (nSPS) is 10.2. The largest absolute Gasteiger partial charge is 0.383 e. The van der Waals surface area contributed by atoms with E-state index in [1.165, 1.54) is 0 Å². The van der Waals surface area contributed by atoms with Crippen molar-refractivity contribution in [2.75, 3.05) is 55.4 Å². The molecule has 1 aromatic rings. The summed E-state index contributed by atoms with van der Waals surface area (Å²) in [6.07, 6.45) is 0.385. The van der Waals surface area contributed by atoms with E-state index in [-0.39, 0.29) is 5.95 Å². The minimum absolute atomic E-state index is 0.182. The van der Waals surface area contributed by atoms with Gasteiger partial charge in [-0.15, -0.1) is 0 Å². The van der Waals surface area contributed by atoms with Gasteiger partial charge in [0.05, 0.1) is 19.1 Å². The molecular formula is C13H23N7O. The standard InChI is InChI=1S/C13H23N7O/c1-4-19(5-2)12-16-11(15)17-13(18-12)20(8-6-7-14)9-10-21-3/h4-6,8-10H2,1-3H3,(H2,15,16,17,18). The highest BCUT2D eigenvalue weighted by atomic mass is 16.5. The third-order valence-electron chi connectivity index (χ3n) is 3.02. The van der Waals surface area contributed by atoms with Crippen LogP contribution in [0.5, 0.6) is 0 Å². The van der Waals surface area contributed by atoms with Crippen LogP contribution in [0.3, 0.4) is 0 Å². The van der Waals surface area contributed by atoms with Crippen LogP contribution in [-0.2, 0) is 4.74 Å². The summed E-state index contributed by atoms with van der Waals surface area (Å²) in [4.78, 5) is 16.7. The molecule has 8 nitrogen and oxygen atoms in total. The van der Waals surface area contributed by atoms with Crippen LogP contribution >= 0.6 is 0 Å². The van der Waals surface area contributed by atoms with Crippen LogP contribution in [0.1, 0.15) is 20.3 Å². The van der Waals surface area contributed by atoms with E-state index in [0.29, 0.717) is 38.0 Å². The van der Waals surface area contributed by atoms with Crippen LogP contribution in [-0.4, -0.2) is 54.8 Å². The average molecular weight is 293 g/mol. The maximum Gasteiger partial charge on any atom is 0.232 e. The number of rotatable bonds is 9. The number of nitrogens with two attached hydrogens (primary N) is 1. The fourth-order valence-electron chi connectivity index (χ4n) is 1.86. The lowest BCUT2D eigenvalue weighted by molar-refractivity contribution is 0.205. The highest BCUT2D eigenvalue weighted by molar-refractivity contribution is 5.43. The number of ether oxygens (including phenoxy) is 1. The predicted molar refractivity (Wildman–Crippen MR) is 82.1 cm³/mol. The molecule has 0 radical (unpaired) electrons. The molecule has 2 N–H and O–H groups in total. The predicted octanol–water partition coefficient (Wildman–Crippen LogP) is 0.666. The lowest BCUT2D eigenvalue weighted by Gasteiger charge is -2.24. The molecule has 0 aliphatic rings. The Morgan fingerprint density at radius 2 is 1.71 bits per heavy atom. The second kappa shape index (κ2) is 8.92. The first-order valence-electron chi connectivity index (χ1n) is 7.03. The number of aromatic nitrogens is 3. The first-order valence-corrected chi connectivity index (χ1v) is 7.03. The van der Waals surface area contributed by atoms with Crippen molar-refractivity contribution in [3.8, 4) is 6.07 Å². The molecule has 0 saturated carbocycles. The zero-order valence-corrected chi connectivity index (χ0v) is 12.9. The first kappa shape index (κ1) is 16.9. The molecule has 8 heteroatoms. The number of hydrogen-bond acceptors (Lipinski definition) is 8. The second-order valence-corrected chi connectivity index (χ2v) is 4.35. The van der Waals surface area contributed by atoms with Crippen molar-refractivity contribution in [3.63, 3.8) is 0 Å². The monoisotopic (exact) mass is 293 g/mol. The van der Waals surface area contributed by atoms with E-state index < -0.39 is 0 Å². The number of nitrogen functional groups attached to an aromatic ring is 1. The van der Waals surface area contributed by atoms with Crippen molar-refractivity contribution in [3.05, 3.63) is 0 Å². The van der Waals surface area contributed by atoms with E-state index in [9.17, 15) is 0 Å². The third-order valence-corrected chi connectivity index (χ3v) is 3.02. The van der Waals surface area contributed by atoms with Gasteiger partial charge in [0.15, 0.2) is 0 Å². The summed E-state index contributed by atoms with van der Waals surface area (Å²) in [7, 11) is 1.63. The number of anilines is 3. The lowest BCUT2D eigenvalue weighted by Crippen LogP contribution is -2.32. The summed E-state index contributed by atoms with van der Waals surface area (Å²) in [5.74, 6) is 1.22. The van der Waals surface area contributed by atoms with Crippen LogP contribution in [0.15, 0.2) is 0 Å². The van der Waals surface area contributed by atoms with Crippen LogP contribution in [0, 0.1) is 11.3 Å². The molecule has 1 heterocycles. The summed E-state index contributed by atoms with van der Waals surface area (Å²) in [6.45, 7) is 7.28. The molecule has 1 aromatic heterocycles. The van der Waals surface area contributed by atoms with Crippen molar-refractivity contribution in [1.82, 2.24) is 15.0 Å².